The molecule has 0 bridgehead atoms. The molecule has 0 aliphatic carbocycles. The van der Waals surface area contributed by atoms with Crippen molar-refractivity contribution >= 4 is 17.3 Å². The Hall–Kier alpha value is -2.49. The summed E-state index contributed by atoms with van der Waals surface area (Å²) in [5, 5.41) is 2.98. The molecular weight excluding hydrogens is 310 g/mol. The van der Waals surface area contributed by atoms with E-state index < -0.39 is 0 Å². The van der Waals surface area contributed by atoms with Gasteiger partial charge < -0.3 is 16.0 Å². The van der Waals surface area contributed by atoms with Crippen molar-refractivity contribution in [1.82, 2.24) is 5.32 Å². The lowest BCUT2D eigenvalue weighted by Gasteiger charge is -2.20. The number of nitrogens with zero attached hydrogens (tertiary/aromatic N) is 1. The second-order valence-electron chi connectivity index (χ2n) is 6.85. The molecule has 0 unspecified atom stereocenters. The van der Waals surface area contributed by atoms with E-state index in [1.165, 1.54) is 18.4 Å². The number of anilines is 2. The topological polar surface area (TPSA) is 58.4 Å². The van der Waals surface area contributed by atoms with Crippen LogP contribution in [0, 0.1) is 6.92 Å². The summed E-state index contributed by atoms with van der Waals surface area (Å²) >= 11 is 0. The van der Waals surface area contributed by atoms with Gasteiger partial charge in [-0.1, -0.05) is 35.9 Å². The molecule has 2 aromatic carbocycles. The van der Waals surface area contributed by atoms with Gasteiger partial charge in [-0.2, -0.15) is 0 Å². The third-order valence-corrected chi connectivity index (χ3v) is 4.79. The number of carbonyl (C=O) groups is 1. The Kier molecular flexibility index (Phi) is 5.59. The third-order valence-electron chi connectivity index (χ3n) is 4.79. The molecule has 132 valence electrons. The van der Waals surface area contributed by atoms with Crippen LogP contribution in [0.3, 0.4) is 0 Å². The molecule has 25 heavy (non-hydrogen) atoms. The van der Waals surface area contributed by atoms with Crippen molar-refractivity contribution in [3.05, 3.63) is 59.2 Å². The van der Waals surface area contributed by atoms with Crippen LogP contribution in [0.4, 0.5) is 11.4 Å². The highest BCUT2D eigenvalue weighted by molar-refractivity contribution is 5.76. The van der Waals surface area contributed by atoms with Gasteiger partial charge in [0, 0.05) is 26.1 Å². The van der Waals surface area contributed by atoms with Crippen LogP contribution >= 0.6 is 0 Å². The normalized spacial score (nSPS) is 13.9. The van der Waals surface area contributed by atoms with E-state index in [2.05, 4.69) is 41.4 Å². The summed E-state index contributed by atoms with van der Waals surface area (Å²) in [6.07, 6.45) is 3.67. The second kappa shape index (κ2) is 8.06. The molecule has 3 N–H and O–H groups in total. The van der Waals surface area contributed by atoms with E-state index in [0.717, 1.165) is 35.6 Å². The zero-order chi connectivity index (χ0) is 17.6. The van der Waals surface area contributed by atoms with E-state index in [1.54, 1.807) is 0 Å². The maximum Gasteiger partial charge on any atom is 0.220 e. The molecule has 1 fully saturated rings. The summed E-state index contributed by atoms with van der Waals surface area (Å²) in [4.78, 5) is 14.4. The molecule has 0 atom stereocenters. The first-order valence-corrected chi connectivity index (χ1v) is 9.07. The molecule has 1 heterocycles. The number of rotatable bonds is 6. The van der Waals surface area contributed by atoms with Crippen LogP contribution in [0.25, 0.3) is 0 Å². The predicted octanol–water partition coefficient (Wildman–Crippen LogP) is 3.43. The summed E-state index contributed by atoms with van der Waals surface area (Å²) in [5.74, 6) is 0.0720. The Morgan fingerprint density at radius 3 is 2.44 bits per heavy atom. The fourth-order valence-electron chi connectivity index (χ4n) is 3.26. The van der Waals surface area contributed by atoms with Crippen LogP contribution < -0.4 is 16.0 Å². The van der Waals surface area contributed by atoms with E-state index in [4.69, 9.17) is 5.73 Å². The molecule has 4 nitrogen and oxygen atoms in total. The predicted molar refractivity (Wildman–Crippen MR) is 104 cm³/mol. The van der Waals surface area contributed by atoms with Gasteiger partial charge in [0.1, 0.15) is 0 Å². The molecule has 1 aliphatic rings. The van der Waals surface area contributed by atoms with Crippen molar-refractivity contribution in [1.29, 1.82) is 0 Å². The molecular formula is C21H27N3O. The average molecular weight is 337 g/mol. The quantitative estimate of drug-likeness (QED) is 0.794. The fourth-order valence-corrected chi connectivity index (χ4v) is 3.26. The van der Waals surface area contributed by atoms with Crippen molar-refractivity contribution in [2.24, 2.45) is 0 Å². The monoisotopic (exact) mass is 337 g/mol. The van der Waals surface area contributed by atoms with Gasteiger partial charge in [0.25, 0.3) is 0 Å². The van der Waals surface area contributed by atoms with E-state index in [9.17, 15) is 4.79 Å². The number of nitrogens with one attached hydrogen (secondary N) is 1. The number of benzene rings is 2. The van der Waals surface area contributed by atoms with Crippen molar-refractivity contribution in [2.45, 2.75) is 39.2 Å². The Balaban J connectivity index is 1.48. The first-order valence-electron chi connectivity index (χ1n) is 9.07. The Labute approximate surface area is 150 Å². The molecule has 1 amide bonds. The molecule has 0 radical (unpaired) electrons. The fraction of sp³-hybridized carbons (Fsp3) is 0.381. The number of carbonyl (C=O) groups excluding carboxylic acids is 1. The molecule has 2 aromatic rings. The molecule has 0 spiro atoms. The highest BCUT2D eigenvalue weighted by atomic mass is 16.1. The summed E-state index contributed by atoms with van der Waals surface area (Å²) in [5.41, 5.74) is 11.6. The lowest BCUT2D eigenvalue weighted by molar-refractivity contribution is -0.121. The molecule has 3 rings (SSSR count). The zero-order valence-corrected chi connectivity index (χ0v) is 14.9. The SMILES string of the molecule is Cc1ccc(CNC(=O)CCc2ccc(N3CCCC3)c(N)c2)cc1. The van der Waals surface area contributed by atoms with Gasteiger partial charge in [-0.05, 0) is 49.4 Å². The van der Waals surface area contributed by atoms with Crippen LogP contribution in [-0.2, 0) is 17.8 Å². The van der Waals surface area contributed by atoms with E-state index in [0.29, 0.717) is 19.4 Å². The molecule has 0 saturated carbocycles. The summed E-state index contributed by atoms with van der Waals surface area (Å²) in [6.45, 7) is 4.81. The highest BCUT2D eigenvalue weighted by Crippen LogP contribution is 2.27. The van der Waals surface area contributed by atoms with Crippen molar-refractivity contribution < 1.29 is 4.79 Å². The third kappa shape index (κ3) is 4.75. The Bertz CT molecular complexity index is 718. The maximum atomic E-state index is 12.1. The second-order valence-corrected chi connectivity index (χ2v) is 6.85. The van der Waals surface area contributed by atoms with Gasteiger partial charge in [-0.25, -0.2) is 0 Å². The van der Waals surface area contributed by atoms with Crippen molar-refractivity contribution in [3.8, 4) is 0 Å². The van der Waals surface area contributed by atoms with Crippen molar-refractivity contribution in [2.75, 3.05) is 23.7 Å². The lowest BCUT2D eigenvalue weighted by Crippen LogP contribution is -2.23. The van der Waals surface area contributed by atoms with Crippen LogP contribution in [0.5, 0.6) is 0 Å². The van der Waals surface area contributed by atoms with Gasteiger partial charge in [0.15, 0.2) is 0 Å². The van der Waals surface area contributed by atoms with Crippen molar-refractivity contribution in [3.63, 3.8) is 0 Å². The number of nitrogen functional groups attached to an aromatic ring is 1. The average Bonchev–Trinajstić information content (AvgIpc) is 3.14. The van der Waals surface area contributed by atoms with Crippen LogP contribution in [0.2, 0.25) is 0 Å². The van der Waals surface area contributed by atoms with Gasteiger partial charge in [0.2, 0.25) is 5.91 Å². The first-order chi connectivity index (χ1) is 12.1. The van der Waals surface area contributed by atoms with Gasteiger partial charge in [-0.15, -0.1) is 0 Å². The molecule has 1 saturated heterocycles. The molecule has 0 aromatic heterocycles. The number of nitrogens with two attached hydrogens (primary N) is 1. The number of hydrogen-bond donors (Lipinski definition) is 2. The first kappa shape index (κ1) is 17.3. The maximum absolute atomic E-state index is 12.1. The molecule has 4 heteroatoms. The minimum Gasteiger partial charge on any atom is -0.397 e. The van der Waals surface area contributed by atoms with Gasteiger partial charge in [-0.3, -0.25) is 4.79 Å². The standard InChI is InChI=1S/C21H27N3O/c1-16-4-6-18(7-5-16)15-23-21(25)11-9-17-8-10-20(19(22)14-17)24-12-2-3-13-24/h4-8,10,14H,2-3,9,11-13,15,22H2,1H3,(H,23,25). The number of hydrogen-bond acceptors (Lipinski definition) is 3. The Morgan fingerprint density at radius 1 is 1.08 bits per heavy atom. The van der Waals surface area contributed by atoms with Gasteiger partial charge >= 0.3 is 0 Å². The molecule has 1 aliphatic heterocycles. The summed E-state index contributed by atoms with van der Waals surface area (Å²) in [6, 6.07) is 14.4. The number of aryl methyl sites for hydroxylation is 2. The van der Waals surface area contributed by atoms with Crippen LogP contribution in [0.1, 0.15) is 36.0 Å². The van der Waals surface area contributed by atoms with E-state index in [1.807, 2.05) is 18.2 Å². The highest BCUT2D eigenvalue weighted by Gasteiger charge is 2.15. The Morgan fingerprint density at radius 2 is 1.76 bits per heavy atom. The zero-order valence-electron chi connectivity index (χ0n) is 14.9. The summed E-state index contributed by atoms with van der Waals surface area (Å²) < 4.78 is 0. The minimum atomic E-state index is 0.0720. The van der Waals surface area contributed by atoms with Crippen LogP contribution in [0.15, 0.2) is 42.5 Å². The van der Waals surface area contributed by atoms with E-state index in [-0.39, 0.29) is 5.91 Å². The van der Waals surface area contributed by atoms with Gasteiger partial charge in [0.05, 0.1) is 11.4 Å². The minimum absolute atomic E-state index is 0.0720. The smallest absolute Gasteiger partial charge is 0.220 e. The lowest BCUT2D eigenvalue weighted by atomic mass is 10.1. The van der Waals surface area contributed by atoms with E-state index >= 15 is 0 Å². The van der Waals surface area contributed by atoms with Crippen LogP contribution in [-0.4, -0.2) is 19.0 Å². The summed E-state index contributed by atoms with van der Waals surface area (Å²) in [7, 11) is 0. The largest absolute Gasteiger partial charge is 0.397 e. The number of amides is 1.